The van der Waals surface area contributed by atoms with E-state index in [1.165, 1.54) is 4.88 Å². The van der Waals surface area contributed by atoms with Gasteiger partial charge in [-0.2, -0.15) is 0 Å². The average Bonchev–Trinajstić information content (AvgIpc) is 3.16. The summed E-state index contributed by atoms with van der Waals surface area (Å²) in [5, 5.41) is 2.10. The molecule has 6 heteroatoms. The SMILES string of the molecule is c1csc(Cc2cc(N3CCOCC3)nc(-c3ccncc3)n2)c1. The molecule has 3 aromatic heterocycles. The molecule has 0 aromatic carbocycles. The molecule has 0 N–H and O–H groups in total. The van der Waals surface area contributed by atoms with Crippen LogP contribution in [-0.2, 0) is 11.2 Å². The zero-order chi connectivity index (χ0) is 16.2. The molecule has 0 saturated carbocycles. The Balaban J connectivity index is 1.72. The fraction of sp³-hybridized carbons (Fsp3) is 0.278. The van der Waals surface area contributed by atoms with Gasteiger partial charge in [0.1, 0.15) is 5.82 Å². The van der Waals surface area contributed by atoms with Crippen molar-refractivity contribution in [2.24, 2.45) is 0 Å². The van der Waals surface area contributed by atoms with E-state index in [9.17, 15) is 0 Å². The number of hydrogen-bond acceptors (Lipinski definition) is 6. The Morgan fingerprint density at radius 2 is 1.92 bits per heavy atom. The number of aromatic nitrogens is 3. The lowest BCUT2D eigenvalue weighted by atomic mass is 10.2. The van der Waals surface area contributed by atoms with Crippen molar-refractivity contribution in [1.82, 2.24) is 15.0 Å². The molecule has 1 aliphatic rings. The minimum Gasteiger partial charge on any atom is -0.378 e. The predicted octanol–water partition coefficient (Wildman–Crippen LogP) is 3.03. The number of thiophene rings is 1. The van der Waals surface area contributed by atoms with Gasteiger partial charge >= 0.3 is 0 Å². The predicted molar refractivity (Wildman–Crippen MR) is 95.4 cm³/mol. The zero-order valence-corrected chi connectivity index (χ0v) is 14.1. The van der Waals surface area contributed by atoms with E-state index in [0.29, 0.717) is 0 Å². The van der Waals surface area contributed by atoms with Gasteiger partial charge in [-0.3, -0.25) is 4.98 Å². The Morgan fingerprint density at radius 3 is 2.67 bits per heavy atom. The van der Waals surface area contributed by atoms with Gasteiger partial charge in [0.15, 0.2) is 5.82 Å². The third kappa shape index (κ3) is 3.44. The van der Waals surface area contributed by atoms with E-state index in [-0.39, 0.29) is 0 Å². The van der Waals surface area contributed by atoms with E-state index in [4.69, 9.17) is 14.7 Å². The largest absolute Gasteiger partial charge is 0.378 e. The standard InChI is InChI=1S/C18H18N4OS/c1-2-16(24-11-1)12-15-13-17(22-7-9-23-10-8-22)21-18(20-15)14-3-5-19-6-4-14/h1-6,11,13H,7-10,12H2. The molecule has 0 unspecified atom stereocenters. The van der Waals surface area contributed by atoms with Gasteiger partial charge in [-0.05, 0) is 23.6 Å². The molecule has 1 aliphatic heterocycles. The first-order valence-corrected chi connectivity index (χ1v) is 8.90. The zero-order valence-electron chi connectivity index (χ0n) is 13.3. The van der Waals surface area contributed by atoms with E-state index >= 15 is 0 Å². The van der Waals surface area contributed by atoms with Gasteiger partial charge in [-0.25, -0.2) is 9.97 Å². The summed E-state index contributed by atoms with van der Waals surface area (Å²) in [5.41, 5.74) is 2.04. The number of anilines is 1. The molecule has 0 spiro atoms. The number of hydrogen-bond donors (Lipinski definition) is 0. The van der Waals surface area contributed by atoms with Crippen molar-refractivity contribution >= 4 is 17.2 Å². The van der Waals surface area contributed by atoms with Gasteiger partial charge in [0.25, 0.3) is 0 Å². The Hall–Kier alpha value is -2.31. The van der Waals surface area contributed by atoms with Crippen LogP contribution in [0.1, 0.15) is 10.6 Å². The van der Waals surface area contributed by atoms with E-state index in [1.54, 1.807) is 23.7 Å². The third-order valence-corrected chi connectivity index (χ3v) is 4.85. The van der Waals surface area contributed by atoms with Crippen LogP contribution < -0.4 is 4.90 Å². The van der Waals surface area contributed by atoms with Crippen LogP contribution in [-0.4, -0.2) is 41.3 Å². The summed E-state index contributed by atoms with van der Waals surface area (Å²) in [6.07, 6.45) is 4.38. The fourth-order valence-corrected chi connectivity index (χ4v) is 3.47. The van der Waals surface area contributed by atoms with Crippen LogP contribution in [0.5, 0.6) is 0 Å². The lowest BCUT2D eigenvalue weighted by Crippen LogP contribution is -2.37. The highest BCUT2D eigenvalue weighted by Crippen LogP contribution is 2.23. The fourth-order valence-electron chi connectivity index (χ4n) is 2.75. The smallest absolute Gasteiger partial charge is 0.161 e. The molecule has 0 radical (unpaired) electrons. The number of nitrogens with zero attached hydrogens (tertiary/aromatic N) is 4. The molecule has 4 heterocycles. The van der Waals surface area contributed by atoms with Crippen LogP contribution in [0.4, 0.5) is 5.82 Å². The molecule has 0 amide bonds. The van der Waals surface area contributed by atoms with Gasteiger partial charge in [-0.15, -0.1) is 11.3 Å². The maximum Gasteiger partial charge on any atom is 0.161 e. The van der Waals surface area contributed by atoms with Crippen molar-refractivity contribution in [1.29, 1.82) is 0 Å². The molecule has 122 valence electrons. The van der Waals surface area contributed by atoms with Gasteiger partial charge in [-0.1, -0.05) is 6.07 Å². The number of morpholine rings is 1. The van der Waals surface area contributed by atoms with Crippen molar-refractivity contribution in [3.05, 3.63) is 58.7 Å². The highest BCUT2D eigenvalue weighted by Gasteiger charge is 2.16. The summed E-state index contributed by atoms with van der Waals surface area (Å²) >= 11 is 1.76. The third-order valence-electron chi connectivity index (χ3n) is 3.97. The Bertz CT molecular complexity index is 786. The molecule has 4 rings (SSSR count). The number of rotatable bonds is 4. The first kappa shape index (κ1) is 15.2. The molecule has 1 saturated heterocycles. The van der Waals surface area contributed by atoms with Crippen LogP contribution in [0, 0.1) is 0 Å². The second-order valence-electron chi connectivity index (χ2n) is 5.63. The minimum absolute atomic E-state index is 0.745. The quantitative estimate of drug-likeness (QED) is 0.732. The minimum atomic E-state index is 0.745. The number of pyridine rings is 1. The molecule has 0 atom stereocenters. The summed E-state index contributed by atoms with van der Waals surface area (Å²) in [6, 6.07) is 10.2. The van der Waals surface area contributed by atoms with Gasteiger partial charge in [0.2, 0.25) is 0 Å². The summed E-state index contributed by atoms with van der Waals surface area (Å²) in [5.74, 6) is 1.74. The first-order valence-electron chi connectivity index (χ1n) is 8.02. The van der Waals surface area contributed by atoms with Gasteiger partial charge in [0, 0.05) is 48.4 Å². The van der Waals surface area contributed by atoms with Crippen LogP contribution in [0.3, 0.4) is 0 Å². The van der Waals surface area contributed by atoms with Crippen LogP contribution in [0.2, 0.25) is 0 Å². The van der Waals surface area contributed by atoms with Crippen LogP contribution in [0.15, 0.2) is 48.1 Å². The first-order chi connectivity index (χ1) is 11.9. The van der Waals surface area contributed by atoms with Crippen molar-refractivity contribution < 1.29 is 4.74 Å². The van der Waals surface area contributed by atoms with E-state index in [2.05, 4.69) is 33.5 Å². The molecule has 5 nitrogen and oxygen atoms in total. The second-order valence-corrected chi connectivity index (χ2v) is 6.66. The molecule has 0 bridgehead atoms. The normalized spacial score (nSPS) is 14.8. The molecule has 24 heavy (non-hydrogen) atoms. The van der Waals surface area contributed by atoms with E-state index in [0.717, 1.165) is 55.6 Å². The highest BCUT2D eigenvalue weighted by atomic mass is 32.1. The topological polar surface area (TPSA) is 51.1 Å². The number of ether oxygens (including phenoxy) is 1. The Kier molecular flexibility index (Phi) is 4.49. The molecule has 0 aliphatic carbocycles. The molecule has 3 aromatic rings. The summed E-state index contributed by atoms with van der Waals surface area (Å²) in [6.45, 7) is 3.22. The maximum atomic E-state index is 5.46. The Morgan fingerprint density at radius 1 is 1.08 bits per heavy atom. The average molecular weight is 338 g/mol. The Labute approximate surface area is 145 Å². The van der Waals surface area contributed by atoms with Crippen LogP contribution in [0.25, 0.3) is 11.4 Å². The molecule has 1 fully saturated rings. The van der Waals surface area contributed by atoms with Gasteiger partial charge in [0.05, 0.1) is 18.9 Å². The van der Waals surface area contributed by atoms with E-state index < -0.39 is 0 Å². The molecular formula is C18H18N4OS. The maximum absolute atomic E-state index is 5.46. The molecular weight excluding hydrogens is 320 g/mol. The van der Waals surface area contributed by atoms with Crippen LogP contribution >= 0.6 is 11.3 Å². The van der Waals surface area contributed by atoms with E-state index in [1.807, 2.05) is 12.1 Å². The lowest BCUT2D eigenvalue weighted by Gasteiger charge is -2.28. The highest BCUT2D eigenvalue weighted by molar-refractivity contribution is 7.09. The van der Waals surface area contributed by atoms with Crippen molar-refractivity contribution in [3.63, 3.8) is 0 Å². The van der Waals surface area contributed by atoms with Crippen molar-refractivity contribution in [2.75, 3.05) is 31.2 Å². The summed E-state index contributed by atoms with van der Waals surface area (Å²) in [4.78, 5) is 17.2. The summed E-state index contributed by atoms with van der Waals surface area (Å²) in [7, 11) is 0. The lowest BCUT2D eigenvalue weighted by molar-refractivity contribution is 0.122. The second kappa shape index (κ2) is 7.07. The summed E-state index contributed by atoms with van der Waals surface area (Å²) < 4.78 is 5.46. The monoisotopic (exact) mass is 338 g/mol. The van der Waals surface area contributed by atoms with Crippen molar-refractivity contribution in [3.8, 4) is 11.4 Å². The van der Waals surface area contributed by atoms with Gasteiger partial charge < -0.3 is 9.64 Å². The van der Waals surface area contributed by atoms with Crippen molar-refractivity contribution in [2.45, 2.75) is 6.42 Å².